The molecule has 0 saturated carbocycles. The average molecular weight is 536 g/mol. The molecule has 3 aromatic carbocycles. The zero-order valence-electron chi connectivity index (χ0n) is 21.7. The van der Waals surface area contributed by atoms with Crippen molar-refractivity contribution >= 4 is 34.7 Å². The van der Waals surface area contributed by atoms with E-state index in [9.17, 15) is 14.7 Å². The SMILES string of the molecule is CCOc1ccc(N2C(=O)C(=O)/C(=C(\O)c3ccc(Cl)c(OCC)c3)C2c2cccc(OC(C)C)c2)cc1. The predicted molar refractivity (Wildman–Crippen MR) is 147 cm³/mol. The van der Waals surface area contributed by atoms with Crippen LogP contribution >= 0.6 is 11.6 Å². The third-order valence-corrected chi connectivity index (χ3v) is 6.23. The molecule has 0 aliphatic carbocycles. The zero-order chi connectivity index (χ0) is 27.4. The molecule has 1 heterocycles. The molecule has 3 aromatic rings. The highest BCUT2D eigenvalue weighted by molar-refractivity contribution is 6.51. The second-order valence-corrected chi connectivity index (χ2v) is 9.32. The van der Waals surface area contributed by atoms with Crippen LogP contribution < -0.4 is 19.1 Å². The Morgan fingerprint density at radius 1 is 0.947 bits per heavy atom. The second kappa shape index (κ2) is 11.6. The molecule has 1 N–H and O–H groups in total. The minimum Gasteiger partial charge on any atom is -0.507 e. The number of rotatable bonds is 9. The van der Waals surface area contributed by atoms with Crippen LogP contribution in [0.3, 0.4) is 0 Å². The largest absolute Gasteiger partial charge is 0.507 e. The zero-order valence-corrected chi connectivity index (χ0v) is 22.5. The Labute approximate surface area is 227 Å². The molecular weight excluding hydrogens is 506 g/mol. The lowest BCUT2D eigenvalue weighted by molar-refractivity contribution is -0.132. The molecule has 1 amide bonds. The van der Waals surface area contributed by atoms with Gasteiger partial charge in [-0.3, -0.25) is 14.5 Å². The van der Waals surface area contributed by atoms with Crippen molar-refractivity contribution in [3.05, 3.63) is 88.5 Å². The molecule has 0 bridgehead atoms. The average Bonchev–Trinajstić information content (AvgIpc) is 3.16. The fourth-order valence-electron chi connectivity index (χ4n) is 4.39. The molecule has 0 spiro atoms. The standard InChI is InChI=1S/C30H30ClNO6/c1-5-36-22-13-11-21(12-14-22)32-27(19-8-7-9-23(16-19)38-18(3)4)26(29(34)30(32)35)28(33)20-10-15-24(31)25(17-20)37-6-2/h7-18,27,33H,5-6H2,1-4H3/b28-26-. The lowest BCUT2D eigenvalue weighted by Gasteiger charge is -2.26. The molecule has 1 aliphatic heterocycles. The van der Waals surface area contributed by atoms with Crippen molar-refractivity contribution in [1.82, 2.24) is 0 Å². The van der Waals surface area contributed by atoms with E-state index in [1.807, 2.05) is 27.7 Å². The summed E-state index contributed by atoms with van der Waals surface area (Å²) in [7, 11) is 0. The van der Waals surface area contributed by atoms with E-state index in [1.54, 1.807) is 66.7 Å². The number of aliphatic hydroxyl groups is 1. The number of benzene rings is 3. The fourth-order valence-corrected chi connectivity index (χ4v) is 4.56. The van der Waals surface area contributed by atoms with Crippen LogP contribution in [0.25, 0.3) is 5.76 Å². The van der Waals surface area contributed by atoms with Gasteiger partial charge in [-0.25, -0.2) is 0 Å². The van der Waals surface area contributed by atoms with Crippen molar-refractivity contribution < 1.29 is 28.9 Å². The van der Waals surface area contributed by atoms with Crippen molar-refractivity contribution in [1.29, 1.82) is 0 Å². The monoisotopic (exact) mass is 535 g/mol. The summed E-state index contributed by atoms with van der Waals surface area (Å²) in [4.78, 5) is 28.3. The van der Waals surface area contributed by atoms with E-state index in [2.05, 4.69) is 0 Å². The molecule has 1 aliphatic rings. The summed E-state index contributed by atoms with van der Waals surface area (Å²) < 4.78 is 17.0. The number of Topliss-reactive ketones (excluding diaryl/α,β-unsaturated/α-hetero) is 1. The Balaban J connectivity index is 1.90. The molecule has 4 rings (SSSR count). The van der Waals surface area contributed by atoms with E-state index in [0.717, 1.165) is 0 Å². The van der Waals surface area contributed by atoms with Crippen molar-refractivity contribution in [2.45, 2.75) is 39.8 Å². The molecule has 0 radical (unpaired) electrons. The lowest BCUT2D eigenvalue weighted by atomic mass is 9.95. The molecular formula is C30H30ClNO6. The minimum absolute atomic E-state index is 0.0460. The Morgan fingerprint density at radius 2 is 1.66 bits per heavy atom. The molecule has 1 saturated heterocycles. The van der Waals surface area contributed by atoms with Gasteiger partial charge in [0.05, 0.1) is 36.0 Å². The number of hydrogen-bond donors (Lipinski definition) is 1. The number of anilines is 1. The molecule has 7 nitrogen and oxygen atoms in total. The van der Waals surface area contributed by atoms with E-state index in [1.165, 1.54) is 4.90 Å². The fraction of sp³-hybridized carbons (Fsp3) is 0.267. The van der Waals surface area contributed by atoms with Crippen molar-refractivity contribution in [2.75, 3.05) is 18.1 Å². The maximum atomic E-state index is 13.5. The molecule has 1 unspecified atom stereocenters. The number of carbonyl (C=O) groups is 2. The van der Waals surface area contributed by atoms with Crippen LogP contribution in [0, 0.1) is 0 Å². The Kier molecular flexibility index (Phi) is 8.27. The van der Waals surface area contributed by atoms with Gasteiger partial charge in [0.25, 0.3) is 11.7 Å². The van der Waals surface area contributed by atoms with Gasteiger partial charge in [0, 0.05) is 11.3 Å². The first-order valence-corrected chi connectivity index (χ1v) is 12.9. The third-order valence-electron chi connectivity index (χ3n) is 5.92. The molecule has 1 fully saturated rings. The van der Waals surface area contributed by atoms with Gasteiger partial charge in [0.2, 0.25) is 0 Å². The molecule has 8 heteroatoms. The Bertz CT molecular complexity index is 1370. The van der Waals surface area contributed by atoms with Crippen LogP contribution in [-0.4, -0.2) is 36.1 Å². The summed E-state index contributed by atoms with van der Waals surface area (Å²) in [5, 5.41) is 11.8. The highest BCUT2D eigenvalue weighted by atomic mass is 35.5. The number of ether oxygens (including phenoxy) is 3. The van der Waals surface area contributed by atoms with Crippen molar-refractivity contribution in [3.63, 3.8) is 0 Å². The number of nitrogens with zero attached hydrogens (tertiary/aromatic N) is 1. The smallest absolute Gasteiger partial charge is 0.300 e. The maximum absolute atomic E-state index is 13.5. The van der Waals surface area contributed by atoms with Gasteiger partial charge in [-0.15, -0.1) is 0 Å². The topological polar surface area (TPSA) is 85.3 Å². The van der Waals surface area contributed by atoms with Gasteiger partial charge in [0.15, 0.2) is 0 Å². The van der Waals surface area contributed by atoms with Crippen molar-refractivity contribution in [3.8, 4) is 17.2 Å². The van der Waals surface area contributed by atoms with Crippen LogP contribution in [0.1, 0.15) is 44.9 Å². The van der Waals surface area contributed by atoms with Crippen LogP contribution in [0.2, 0.25) is 5.02 Å². The quantitative estimate of drug-likeness (QED) is 0.190. The van der Waals surface area contributed by atoms with Gasteiger partial charge < -0.3 is 19.3 Å². The normalized spacial score (nSPS) is 16.7. The van der Waals surface area contributed by atoms with Crippen LogP contribution in [0.5, 0.6) is 17.2 Å². The van der Waals surface area contributed by atoms with E-state index in [4.69, 9.17) is 25.8 Å². The lowest BCUT2D eigenvalue weighted by Crippen LogP contribution is -2.29. The molecule has 38 heavy (non-hydrogen) atoms. The van der Waals surface area contributed by atoms with Gasteiger partial charge in [-0.2, -0.15) is 0 Å². The Hall–Kier alpha value is -3.97. The first kappa shape index (κ1) is 27.1. The van der Waals surface area contributed by atoms with Crippen LogP contribution in [-0.2, 0) is 9.59 Å². The van der Waals surface area contributed by atoms with Gasteiger partial charge in [-0.1, -0.05) is 23.7 Å². The summed E-state index contributed by atoms with van der Waals surface area (Å²) in [6, 6.07) is 17.9. The summed E-state index contributed by atoms with van der Waals surface area (Å²) in [5.74, 6) is -0.293. The summed E-state index contributed by atoms with van der Waals surface area (Å²) >= 11 is 6.24. The molecule has 1 atom stereocenters. The number of halogens is 1. The molecule has 0 aromatic heterocycles. The van der Waals surface area contributed by atoms with E-state index in [-0.39, 0.29) is 17.4 Å². The van der Waals surface area contributed by atoms with Crippen LogP contribution in [0.4, 0.5) is 5.69 Å². The van der Waals surface area contributed by atoms with E-state index < -0.39 is 17.7 Å². The van der Waals surface area contributed by atoms with Crippen LogP contribution in [0.15, 0.2) is 72.3 Å². The number of carbonyl (C=O) groups excluding carboxylic acids is 2. The number of ketones is 1. The second-order valence-electron chi connectivity index (χ2n) is 8.91. The van der Waals surface area contributed by atoms with Gasteiger partial charge in [0.1, 0.15) is 23.0 Å². The van der Waals surface area contributed by atoms with Gasteiger partial charge in [-0.05, 0) is 87.9 Å². The first-order valence-electron chi connectivity index (χ1n) is 12.5. The van der Waals surface area contributed by atoms with E-state index in [0.29, 0.717) is 52.3 Å². The number of hydrogen-bond acceptors (Lipinski definition) is 6. The minimum atomic E-state index is -0.908. The van der Waals surface area contributed by atoms with Gasteiger partial charge >= 0.3 is 0 Å². The van der Waals surface area contributed by atoms with E-state index >= 15 is 0 Å². The molecule has 198 valence electrons. The maximum Gasteiger partial charge on any atom is 0.300 e. The van der Waals surface area contributed by atoms with Crippen molar-refractivity contribution in [2.24, 2.45) is 0 Å². The Morgan fingerprint density at radius 3 is 2.32 bits per heavy atom. The number of aliphatic hydroxyl groups excluding tert-OH is 1. The third kappa shape index (κ3) is 5.48. The first-order chi connectivity index (χ1) is 18.2. The number of amides is 1. The predicted octanol–water partition coefficient (Wildman–Crippen LogP) is 6.55. The summed E-state index contributed by atoms with van der Waals surface area (Å²) in [6.07, 6.45) is -0.0752. The highest BCUT2D eigenvalue weighted by Crippen LogP contribution is 2.43. The summed E-state index contributed by atoms with van der Waals surface area (Å²) in [6.45, 7) is 8.39. The highest BCUT2D eigenvalue weighted by Gasteiger charge is 2.47. The summed E-state index contributed by atoms with van der Waals surface area (Å²) in [5.41, 5.74) is 1.36.